The summed E-state index contributed by atoms with van der Waals surface area (Å²) < 4.78 is 0. The molecule has 2 aliphatic rings. The molecule has 4 atom stereocenters. The van der Waals surface area contributed by atoms with Crippen molar-refractivity contribution in [3.05, 3.63) is 28.2 Å². The Hall–Kier alpha value is -2.15. The number of aryl methyl sites for hydroxylation is 1. The van der Waals surface area contributed by atoms with Crippen molar-refractivity contribution in [2.75, 3.05) is 5.32 Å². The summed E-state index contributed by atoms with van der Waals surface area (Å²) >= 11 is 1.29. The molecular formula is C16H18N2O4S. The quantitative estimate of drug-likeness (QED) is 0.731. The number of carbonyl (C=O) groups is 3. The van der Waals surface area contributed by atoms with Gasteiger partial charge >= 0.3 is 5.97 Å². The number of nitrogens with one attached hydrogen (secondary N) is 1. The van der Waals surface area contributed by atoms with Crippen LogP contribution in [0.15, 0.2) is 12.2 Å². The van der Waals surface area contributed by atoms with Crippen LogP contribution in [0.1, 0.15) is 27.2 Å². The Morgan fingerprint density at radius 1 is 1.22 bits per heavy atom. The van der Waals surface area contributed by atoms with Gasteiger partial charge in [-0.05, 0) is 37.7 Å². The van der Waals surface area contributed by atoms with Crippen molar-refractivity contribution in [2.24, 2.45) is 29.4 Å². The topological polar surface area (TPSA) is 109 Å². The summed E-state index contributed by atoms with van der Waals surface area (Å²) in [6, 6.07) is 0. The van der Waals surface area contributed by atoms with Gasteiger partial charge in [-0.15, -0.1) is 11.3 Å². The van der Waals surface area contributed by atoms with E-state index in [9.17, 15) is 19.5 Å². The molecule has 1 aromatic heterocycles. The number of hydrogen-bond acceptors (Lipinski definition) is 4. The van der Waals surface area contributed by atoms with E-state index >= 15 is 0 Å². The number of anilines is 1. The van der Waals surface area contributed by atoms with Crippen molar-refractivity contribution in [1.82, 2.24) is 0 Å². The second-order valence-electron chi connectivity index (χ2n) is 6.18. The molecule has 2 amide bonds. The lowest BCUT2D eigenvalue weighted by molar-refractivity contribution is -0.146. The lowest BCUT2D eigenvalue weighted by atomic mass is 9.82. The number of aliphatic carboxylic acids is 1. The van der Waals surface area contributed by atoms with Crippen LogP contribution in [0.2, 0.25) is 0 Å². The van der Waals surface area contributed by atoms with E-state index in [1.807, 2.05) is 19.1 Å². The summed E-state index contributed by atoms with van der Waals surface area (Å²) in [6.45, 7) is 3.63. The maximum atomic E-state index is 12.7. The lowest BCUT2D eigenvalue weighted by Crippen LogP contribution is -2.36. The molecule has 0 unspecified atom stereocenters. The highest BCUT2D eigenvalue weighted by atomic mass is 32.1. The number of carboxylic acid groups (broad SMARTS) is 1. The number of nitrogens with two attached hydrogens (primary N) is 1. The van der Waals surface area contributed by atoms with Crippen LogP contribution in [0, 0.1) is 37.5 Å². The highest BCUT2D eigenvalue weighted by Gasteiger charge is 2.51. The molecule has 0 aliphatic heterocycles. The smallest absolute Gasteiger partial charge is 0.307 e. The van der Waals surface area contributed by atoms with E-state index in [0.29, 0.717) is 17.0 Å². The number of hydrogen-bond donors (Lipinski definition) is 3. The second kappa shape index (κ2) is 5.49. The van der Waals surface area contributed by atoms with Gasteiger partial charge in [-0.3, -0.25) is 14.4 Å². The highest BCUT2D eigenvalue weighted by molar-refractivity contribution is 7.16. The normalized spacial score (nSPS) is 28.1. The van der Waals surface area contributed by atoms with E-state index in [1.54, 1.807) is 6.92 Å². The largest absolute Gasteiger partial charge is 0.481 e. The molecule has 23 heavy (non-hydrogen) atoms. The summed E-state index contributed by atoms with van der Waals surface area (Å²) in [6.07, 6.45) is 4.51. The zero-order chi connectivity index (χ0) is 16.9. The van der Waals surface area contributed by atoms with Gasteiger partial charge in [-0.1, -0.05) is 12.2 Å². The van der Waals surface area contributed by atoms with E-state index in [2.05, 4.69) is 5.32 Å². The van der Waals surface area contributed by atoms with Crippen molar-refractivity contribution >= 4 is 34.1 Å². The molecule has 1 fully saturated rings. The van der Waals surface area contributed by atoms with Gasteiger partial charge in [-0.25, -0.2) is 0 Å². The molecule has 0 aromatic carbocycles. The predicted octanol–water partition coefficient (Wildman–Crippen LogP) is 1.93. The minimum Gasteiger partial charge on any atom is -0.481 e. The average Bonchev–Trinajstić information content (AvgIpc) is 3.12. The molecule has 3 rings (SSSR count). The number of thiophene rings is 1. The molecule has 1 aromatic rings. The molecule has 122 valence electrons. The molecular weight excluding hydrogens is 316 g/mol. The minimum absolute atomic E-state index is 0.0553. The number of allylic oxidation sites excluding steroid dienone is 2. The van der Waals surface area contributed by atoms with Crippen LogP contribution in [0.3, 0.4) is 0 Å². The molecule has 2 aliphatic carbocycles. The van der Waals surface area contributed by atoms with Gasteiger partial charge in [0.2, 0.25) is 5.91 Å². The summed E-state index contributed by atoms with van der Waals surface area (Å²) in [4.78, 5) is 36.7. The van der Waals surface area contributed by atoms with Gasteiger partial charge in [0.1, 0.15) is 5.00 Å². The maximum absolute atomic E-state index is 12.7. The van der Waals surface area contributed by atoms with E-state index in [0.717, 1.165) is 10.4 Å². The zero-order valence-corrected chi connectivity index (χ0v) is 13.6. The Kier molecular flexibility index (Phi) is 3.75. The monoisotopic (exact) mass is 334 g/mol. The van der Waals surface area contributed by atoms with Gasteiger partial charge in [0.05, 0.1) is 17.4 Å². The van der Waals surface area contributed by atoms with Crippen molar-refractivity contribution in [3.8, 4) is 0 Å². The standard InChI is InChI=1S/C16H18N2O4S/c1-6-7(2)23-15(10(6)13(17)19)18-14(20)11-8-3-4-9(5-8)12(11)16(21)22/h3-4,8-9,11-12H,5H2,1-2H3,(H2,17,19)(H,18,20)(H,21,22)/t8-,9-,11-,12+/m1/s1. The summed E-state index contributed by atoms with van der Waals surface area (Å²) in [7, 11) is 0. The summed E-state index contributed by atoms with van der Waals surface area (Å²) in [5.41, 5.74) is 6.47. The third-order valence-electron chi connectivity index (χ3n) is 4.92. The number of fused-ring (bicyclic) bond motifs is 2. The number of carbonyl (C=O) groups excluding carboxylic acids is 2. The number of carboxylic acids is 1. The lowest BCUT2D eigenvalue weighted by Gasteiger charge is -2.23. The molecule has 0 spiro atoms. The van der Waals surface area contributed by atoms with Gasteiger partial charge in [0.25, 0.3) is 5.91 Å². The molecule has 1 saturated carbocycles. The van der Waals surface area contributed by atoms with Gasteiger partial charge in [0.15, 0.2) is 0 Å². The minimum atomic E-state index is -0.948. The van der Waals surface area contributed by atoms with Crippen LogP contribution in [0.25, 0.3) is 0 Å². The molecule has 7 heteroatoms. The number of primary amides is 1. The first kappa shape index (κ1) is 15.7. The van der Waals surface area contributed by atoms with E-state index in [-0.39, 0.29) is 17.7 Å². The van der Waals surface area contributed by atoms with Crippen molar-refractivity contribution < 1.29 is 19.5 Å². The Labute approximate surface area is 137 Å². The highest BCUT2D eigenvalue weighted by Crippen LogP contribution is 2.48. The molecule has 4 N–H and O–H groups in total. The van der Waals surface area contributed by atoms with Gasteiger partial charge < -0.3 is 16.2 Å². The van der Waals surface area contributed by atoms with Crippen molar-refractivity contribution in [2.45, 2.75) is 20.3 Å². The Morgan fingerprint density at radius 2 is 1.83 bits per heavy atom. The first-order valence-corrected chi connectivity index (χ1v) is 8.24. The molecule has 6 nitrogen and oxygen atoms in total. The maximum Gasteiger partial charge on any atom is 0.307 e. The molecule has 0 radical (unpaired) electrons. The summed E-state index contributed by atoms with van der Waals surface area (Å²) in [5.74, 6) is -3.34. The fourth-order valence-electron chi connectivity index (χ4n) is 3.72. The van der Waals surface area contributed by atoms with Crippen LogP contribution in [-0.4, -0.2) is 22.9 Å². The Morgan fingerprint density at radius 3 is 2.39 bits per heavy atom. The fourth-order valence-corrected chi connectivity index (χ4v) is 4.79. The van der Waals surface area contributed by atoms with Crippen molar-refractivity contribution in [1.29, 1.82) is 0 Å². The average molecular weight is 334 g/mol. The van der Waals surface area contributed by atoms with E-state index in [1.165, 1.54) is 11.3 Å². The third-order valence-corrected chi connectivity index (χ3v) is 6.04. The van der Waals surface area contributed by atoms with Crippen molar-refractivity contribution in [3.63, 3.8) is 0 Å². The van der Waals surface area contributed by atoms with Gasteiger partial charge in [0, 0.05) is 4.88 Å². The fraction of sp³-hybridized carbons (Fsp3) is 0.438. The van der Waals surface area contributed by atoms with Crippen LogP contribution in [0.5, 0.6) is 0 Å². The first-order valence-electron chi connectivity index (χ1n) is 7.43. The molecule has 1 heterocycles. The van der Waals surface area contributed by atoms with Crippen LogP contribution in [0.4, 0.5) is 5.00 Å². The van der Waals surface area contributed by atoms with Crippen LogP contribution >= 0.6 is 11.3 Å². The number of rotatable bonds is 4. The molecule has 2 bridgehead atoms. The number of amides is 2. The third kappa shape index (κ3) is 2.45. The Balaban J connectivity index is 1.88. The van der Waals surface area contributed by atoms with Gasteiger partial charge in [-0.2, -0.15) is 0 Å². The molecule has 0 saturated heterocycles. The zero-order valence-electron chi connectivity index (χ0n) is 12.8. The van der Waals surface area contributed by atoms with Crippen LogP contribution in [-0.2, 0) is 9.59 Å². The Bertz CT molecular complexity index is 737. The first-order chi connectivity index (χ1) is 10.8. The predicted molar refractivity (Wildman–Crippen MR) is 86.3 cm³/mol. The van der Waals surface area contributed by atoms with E-state index in [4.69, 9.17) is 5.73 Å². The van der Waals surface area contributed by atoms with E-state index < -0.39 is 23.7 Å². The summed E-state index contributed by atoms with van der Waals surface area (Å²) in [5, 5.41) is 12.6. The second-order valence-corrected chi connectivity index (χ2v) is 7.40. The SMILES string of the molecule is Cc1sc(NC(=O)[C@H]2[C@@H](C(=O)O)[C@@H]3C=C[C@@H]2C3)c(C(N)=O)c1C. The van der Waals surface area contributed by atoms with Crippen LogP contribution < -0.4 is 11.1 Å².